The summed E-state index contributed by atoms with van der Waals surface area (Å²) in [6.45, 7) is 4.89. The summed E-state index contributed by atoms with van der Waals surface area (Å²) >= 11 is 5.92. The zero-order valence-electron chi connectivity index (χ0n) is 13.5. The third-order valence-electron chi connectivity index (χ3n) is 3.46. The molecular weight excluding hydrogens is 336 g/mol. The minimum atomic E-state index is -0.484. The highest BCUT2D eigenvalue weighted by molar-refractivity contribution is 6.31. The quantitative estimate of drug-likeness (QED) is 0.442. The van der Waals surface area contributed by atoms with Crippen LogP contribution in [0.5, 0.6) is 0 Å². The van der Waals surface area contributed by atoms with E-state index in [0.29, 0.717) is 30.4 Å². The van der Waals surface area contributed by atoms with Gasteiger partial charge >= 0.3 is 5.69 Å². The number of amides is 1. The van der Waals surface area contributed by atoms with Gasteiger partial charge in [0.1, 0.15) is 11.9 Å². The molecule has 0 saturated carbocycles. The number of carbonyl (C=O) groups excluding carboxylic acids is 1. The van der Waals surface area contributed by atoms with E-state index in [1.807, 2.05) is 6.92 Å². The Morgan fingerprint density at radius 3 is 2.50 bits per heavy atom. The van der Waals surface area contributed by atoms with Gasteiger partial charge in [-0.25, -0.2) is 0 Å². The van der Waals surface area contributed by atoms with Gasteiger partial charge in [-0.3, -0.25) is 24.3 Å². The van der Waals surface area contributed by atoms with Crippen LogP contribution in [0.2, 0.25) is 5.02 Å². The van der Waals surface area contributed by atoms with Crippen LogP contribution in [0, 0.1) is 24.0 Å². The number of hydrogen-bond acceptors (Lipinski definition) is 5. The van der Waals surface area contributed by atoms with Crippen molar-refractivity contribution in [3.05, 3.63) is 38.9 Å². The van der Waals surface area contributed by atoms with Crippen molar-refractivity contribution in [3.8, 4) is 0 Å². The van der Waals surface area contributed by atoms with Crippen molar-refractivity contribution in [2.75, 3.05) is 6.54 Å². The Bertz CT molecular complexity index is 719. The fraction of sp³-hybridized carbons (Fsp3) is 0.500. The van der Waals surface area contributed by atoms with E-state index >= 15 is 0 Å². The number of nitro groups is 1. The average molecular weight is 355 g/mol. The van der Waals surface area contributed by atoms with Gasteiger partial charge in [-0.2, -0.15) is 10.2 Å². The lowest BCUT2D eigenvalue weighted by Gasteiger charge is -2.05. The number of hydrogen-bond donors (Lipinski definition) is 1. The van der Waals surface area contributed by atoms with Crippen molar-refractivity contribution < 1.29 is 9.72 Å². The molecule has 130 valence electrons. The molecule has 2 aromatic heterocycles. The normalized spacial score (nSPS) is 10.8. The predicted octanol–water partition coefficient (Wildman–Crippen LogP) is 1.85. The van der Waals surface area contributed by atoms with Crippen LogP contribution in [-0.4, -0.2) is 36.9 Å². The molecule has 0 atom stereocenters. The number of halogens is 1. The first-order chi connectivity index (χ1) is 11.4. The van der Waals surface area contributed by atoms with Gasteiger partial charge < -0.3 is 5.32 Å². The summed E-state index contributed by atoms with van der Waals surface area (Å²) in [5.74, 6) is -0.125. The number of nitrogens with one attached hydrogen (secondary N) is 1. The van der Waals surface area contributed by atoms with Crippen molar-refractivity contribution in [2.45, 2.75) is 39.8 Å². The van der Waals surface area contributed by atoms with Gasteiger partial charge in [0.2, 0.25) is 5.91 Å². The SMILES string of the molecule is Cc1nn(CCCNC(=O)CCn2cc([N+](=O)[O-])c(C)n2)cc1Cl. The second-order valence-corrected chi connectivity index (χ2v) is 5.81. The monoisotopic (exact) mass is 354 g/mol. The second kappa shape index (κ2) is 7.91. The van der Waals surface area contributed by atoms with Crippen molar-refractivity contribution in [3.63, 3.8) is 0 Å². The smallest absolute Gasteiger partial charge is 0.309 e. The van der Waals surface area contributed by atoms with Crippen LogP contribution in [0.15, 0.2) is 12.4 Å². The van der Waals surface area contributed by atoms with Crippen molar-refractivity contribution in [2.24, 2.45) is 0 Å². The van der Waals surface area contributed by atoms with Crippen LogP contribution in [-0.2, 0) is 17.9 Å². The largest absolute Gasteiger partial charge is 0.356 e. The van der Waals surface area contributed by atoms with Crippen molar-refractivity contribution in [1.82, 2.24) is 24.9 Å². The number of carbonyl (C=O) groups is 1. The summed E-state index contributed by atoms with van der Waals surface area (Å²) < 4.78 is 3.16. The Morgan fingerprint density at radius 2 is 1.92 bits per heavy atom. The minimum Gasteiger partial charge on any atom is -0.356 e. The zero-order valence-corrected chi connectivity index (χ0v) is 14.3. The van der Waals surface area contributed by atoms with Crippen LogP contribution in [0.4, 0.5) is 5.69 Å². The van der Waals surface area contributed by atoms with Crippen molar-refractivity contribution >= 4 is 23.2 Å². The highest BCUT2D eigenvalue weighted by atomic mass is 35.5. The second-order valence-electron chi connectivity index (χ2n) is 5.40. The van der Waals surface area contributed by atoms with Gasteiger partial charge in [0.15, 0.2) is 0 Å². The maximum absolute atomic E-state index is 11.8. The molecule has 1 N–H and O–H groups in total. The Hall–Kier alpha value is -2.42. The van der Waals surface area contributed by atoms with E-state index in [2.05, 4.69) is 15.5 Å². The summed E-state index contributed by atoms with van der Waals surface area (Å²) in [5, 5.41) is 22.4. The molecule has 0 bridgehead atoms. The molecule has 2 rings (SSSR count). The van der Waals surface area contributed by atoms with E-state index in [1.54, 1.807) is 17.8 Å². The predicted molar refractivity (Wildman–Crippen MR) is 87.8 cm³/mol. The molecule has 0 aromatic carbocycles. The average Bonchev–Trinajstić information content (AvgIpc) is 3.04. The summed E-state index contributed by atoms with van der Waals surface area (Å²) in [6.07, 6.45) is 4.04. The molecule has 0 saturated heterocycles. The maximum atomic E-state index is 11.8. The molecule has 0 aliphatic heterocycles. The molecular formula is C14H19ClN6O3. The lowest BCUT2D eigenvalue weighted by atomic mass is 10.3. The maximum Gasteiger partial charge on any atom is 0.309 e. The van der Waals surface area contributed by atoms with E-state index < -0.39 is 4.92 Å². The molecule has 10 heteroatoms. The standard InChI is InChI=1S/C14H19ClN6O3/c1-10-12(15)8-19(17-10)6-3-5-16-14(22)4-7-20-9-13(21(23)24)11(2)18-20/h8-9H,3-7H2,1-2H3,(H,16,22). The third kappa shape index (κ3) is 4.79. The Morgan fingerprint density at radius 1 is 1.25 bits per heavy atom. The fourth-order valence-electron chi connectivity index (χ4n) is 2.18. The molecule has 0 unspecified atom stereocenters. The molecule has 24 heavy (non-hydrogen) atoms. The topological polar surface area (TPSA) is 108 Å². The summed E-state index contributed by atoms with van der Waals surface area (Å²) in [4.78, 5) is 22.0. The minimum absolute atomic E-state index is 0.0383. The fourth-order valence-corrected chi connectivity index (χ4v) is 2.33. The molecule has 0 radical (unpaired) electrons. The Kier molecular flexibility index (Phi) is 5.91. The Balaban J connectivity index is 1.68. The molecule has 0 aliphatic carbocycles. The third-order valence-corrected chi connectivity index (χ3v) is 3.83. The van der Waals surface area contributed by atoms with E-state index in [1.165, 1.54) is 10.9 Å². The summed E-state index contributed by atoms with van der Waals surface area (Å²) in [5.41, 5.74) is 1.08. The molecule has 9 nitrogen and oxygen atoms in total. The van der Waals surface area contributed by atoms with Crippen LogP contribution in [0.3, 0.4) is 0 Å². The van der Waals surface area contributed by atoms with Crippen LogP contribution < -0.4 is 5.32 Å². The first kappa shape index (κ1) is 17.9. The summed E-state index contributed by atoms with van der Waals surface area (Å²) in [7, 11) is 0. The molecule has 2 aromatic rings. The van der Waals surface area contributed by atoms with Gasteiger partial charge in [-0.05, 0) is 20.3 Å². The van der Waals surface area contributed by atoms with Crippen molar-refractivity contribution in [1.29, 1.82) is 0 Å². The molecule has 0 spiro atoms. The molecule has 0 fully saturated rings. The Labute approximate surface area is 143 Å². The lowest BCUT2D eigenvalue weighted by molar-refractivity contribution is -0.385. The number of aromatic nitrogens is 4. The first-order valence-electron chi connectivity index (χ1n) is 7.51. The highest BCUT2D eigenvalue weighted by Crippen LogP contribution is 2.15. The van der Waals surface area contributed by atoms with Crippen LogP contribution in [0.1, 0.15) is 24.2 Å². The van der Waals surface area contributed by atoms with Crippen LogP contribution >= 0.6 is 11.6 Å². The van der Waals surface area contributed by atoms with Gasteiger partial charge in [0.25, 0.3) is 0 Å². The molecule has 2 heterocycles. The van der Waals surface area contributed by atoms with Gasteiger partial charge in [0, 0.05) is 32.3 Å². The van der Waals surface area contributed by atoms with E-state index in [0.717, 1.165) is 12.1 Å². The van der Waals surface area contributed by atoms with Gasteiger partial charge in [-0.1, -0.05) is 11.6 Å². The first-order valence-corrected chi connectivity index (χ1v) is 7.89. The number of aryl methyl sites for hydroxylation is 4. The van der Waals surface area contributed by atoms with Crippen LogP contribution in [0.25, 0.3) is 0 Å². The van der Waals surface area contributed by atoms with E-state index in [9.17, 15) is 14.9 Å². The number of rotatable bonds is 8. The van der Waals surface area contributed by atoms with Gasteiger partial charge in [-0.15, -0.1) is 0 Å². The lowest BCUT2D eigenvalue weighted by Crippen LogP contribution is -2.26. The molecule has 1 amide bonds. The summed E-state index contributed by atoms with van der Waals surface area (Å²) in [6, 6.07) is 0. The van der Waals surface area contributed by atoms with E-state index in [4.69, 9.17) is 11.6 Å². The molecule has 0 aliphatic rings. The number of nitrogens with zero attached hydrogens (tertiary/aromatic N) is 5. The van der Waals surface area contributed by atoms with Gasteiger partial charge in [0.05, 0.1) is 15.6 Å². The van der Waals surface area contributed by atoms with E-state index in [-0.39, 0.29) is 18.0 Å². The highest BCUT2D eigenvalue weighted by Gasteiger charge is 2.15. The zero-order chi connectivity index (χ0) is 17.7.